The van der Waals surface area contributed by atoms with Gasteiger partial charge in [0.1, 0.15) is 11.6 Å². The van der Waals surface area contributed by atoms with Crippen LogP contribution in [0.2, 0.25) is 0 Å². The molecule has 0 saturated heterocycles. The highest BCUT2D eigenvalue weighted by molar-refractivity contribution is 7.86. The van der Waals surface area contributed by atoms with E-state index in [-0.39, 0.29) is 11.6 Å². The second-order valence-corrected chi connectivity index (χ2v) is 13.8. The molecule has 8 rings (SSSR count). The van der Waals surface area contributed by atoms with Crippen LogP contribution in [0.4, 0.5) is 8.78 Å². The number of hydrogen-bond acceptors (Lipinski definition) is 4. The van der Waals surface area contributed by atoms with Gasteiger partial charge in [-0.25, -0.2) is 23.7 Å². The third kappa shape index (κ3) is 4.75. The molecule has 7 aromatic rings. The van der Waals surface area contributed by atoms with Gasteiger partial charge in [-0.2, -0.15) is 0 Å². The van der Waals surface area contributed by atoms with Gasteiger partial charge in [-0.3, -0.25) is 0 Å². The first kappa shape index (κ1) is 27.9. The maximum absolute atomic E-state index is 14.7. The zero-order valence-corrected chi connectivity index (χ0v) is 25.2. The molecule has 0 unspecified atom stereocenters. The number of hydrogen-bond donors (Lipinski definition) is 0. The third-order valence-electron chi connectivity index (χ3n) is 8.32. The topological polar surface area (TPSA) is 55.7 Å². The van der Waals surface area contributed by atoms with Crippen molar-refractivity contribution in [2.24, 2.45) is 0 Å². The summed E-state index contributed by atoms with van der Waals surface area (Å²) in [5.41, 5.74) is 6.06. The minimum Gasteiger partial charge on any atom is -0.309 e. The van der Waals surface area contributed by atoms with Gasteiger partial charge in [-0.05, 0) is 70.8 Å². The minimum absolute atomic E-state index is 0.356. The van der Waals surface area contributed by atoms with Crippen LogP contribution in [0.25, 0.3) is 56.4 Å². The van der Waals surface area contributed by atoms with Crippen LogP contribution in [0, 0.1) is 11.6 Å². The number of rotatable bonds is 5. The monoisotopic (exact) mass is 619 g/mol. The van der Waals surface area contributed by atoms with Crippen molar-refractivity contribution in [3.05, 3.63) is 157 Å². The number of nitrogens with zero attached hydrogens (tertiary/aromatic N) is 3. The highest BCUT2D eigenvalue weighted by atomic mass is 31.2. The first-order valence-electron chi connectivity index (χ1n) is 14.8. The molecule has 0 radical (unpaired) electrons. The number of fused-ring (bicyclic) bond motifs is 3. The molecular formula is C39H24F2N3OP. The van der Waals surface area contributed by atoms with Crippen molar-refractivity contribution in [3.63, 3.8) is 0 Å². The molecule has 1 aliphatic heterocycles. The van der Waals surface area contributed by atoms with Gasteiger partial charge in [-0.15, -0.1) is 0 Å². The van der Waals surface area contributed by atoms with Gasteiger partial charge in [0.25, 0.3) is 0 Å². The van der Waals surface area contributed by atoms with Crippen molar-refractivity contribution in [2.75, 3.05) is 0 Å². The molecule has 0 spiro atoms. The average Bonchev–Trinajstić information content (AvgIpc) is 3.38. The summed E-state index contributed by atoms with van der Waals surface area (Å²) in [4.78, 5) is 14.0. The smallest absolute Gasteiger partial charge is 0.172 e. The van der Waals surface area contributed by atoms with Gasteiger partial charge in [0, 0.05) is 32.6 Å². The zero-order valence-electron chi connectivity index (χ0n) is 24.3. The van der Waals surface area contributed by atoms with Crippen molar-refractivity contribution >= 4 is 23.1 Å². The average molecular weight is 620 g/mol. The fourth-order valence-electron chi connectivity index (χ4n) is 6.00. The van der Waals surface area contributed by atoms with E-state index >= 15 is 0 Å². The van der Waals surface area contributed by atoms with E-state index in [9.17, 15) is 13.3 Å². The normalized spacial score (nSPS) is 12.8. The van der Waals surface area contributed by atoms with Crippen molar-refractivity contribution in [1.82, 2.24) is 15.0 Å². The Morgan fingerprint density at radius 3 is 1.13 bits per heavy atom. The predicted molar refractivity (Wildman–Crippen MR) is 180 cm³/mol. The predicted octanol–water partition coefficient (Wildman–Crippen LogP) is 8.44. The van der Waals surface area contributed by atoms with E-state index in [4.69, 9.17) is 9.97 Å². The molecule has 0 saturated carbocycles. The number of aromatic nitrogens is 3. The maximum atomic E-state index is 14.7. The molecule has 6 aromatic carbocycles. The Morgan fingerprint density at radius 2 is 0.717 bits per heavy atom. The van der Waals surface area contributed by atoms with Gasteiger partial charge in [0.05, 0.1) is 0 Å². The fourth-order valence-corrected chi connectivity index (χ4v) is 9.04. The Balaban J connectivity index is 1.14. The SMILES string of the molecule is O=P1(c2ccc(-c3ccc(-c4nc(-c5ccc(F)cc5)nc(-c5ccc(F)cc5)n4)cc3)cc2)c2ccccc2-c2ccccc21. The lowest BCUT2D eigenvalue weighted by molar-refractivity contribution is 0.593. The lowest BCUT2D eigenvalue weighted by Crippen LogP contribution is -2.20. The van der Waals surface area contributed by atoms with Crippen LogP contribution in [0.3, 0.4) is 0 Å². The van der Waals surface area contributed by atoms with Crippen LogP contribution >= 0.6 is 7.14 Å². The van der Waals surface area contributed by atoms with Crippen LogP contribution in [0.1, 0.15) is 0 Å². The lowest BCUT2D eigenvalue weighted by atomic mass is 10.0. The minimum atomic E-state index is -2.99. The van der Waals surface area contributed by atoms with Crippen molar-refractivity contribution in [3.8, 4) is 56.4 Å². The Labute approximate surface area is 264 Å². The van der Waals surface area contributed by atoms with Gasteiger partial charge < -0.3 is 4.57 Å². The van der Waals surface area contributed by atoms with Crippen LogP contribution in [-0.2, 0) is 4.57 Å². The largest absolute Gasteiger partial charge is 0.309 e. The summed E-state index contributed by atoms with van der Waals surface area (Å²) in [6.07, 6.45) is 0. The van der Waals surface area contributed by atoms with Crippen LogP contribution in [-0.4, -0.2) is 15.0 Å². The molecule has 0 bridgehead atoms. The molecule has 0 fully saturated rings. The molecule has 0 N–H and O–H groups in total. The van der Waals surface area contributed by atoms with Gasteiger partial charge in [0.2, 0.25) is 0 Å². The summed E-state index contributed by atoms with van der Waals surface area (Å²) in [6, 6.07) is 43.6. The molecule has 220 valence electrons. The summed E-state index contributed by atoms with van der Waals surface area (Å²) >= 11 is 0. The van der Waals surface area contributed by atoms with Crippen molar-refractivity contribution < 1.29 is 13.3 Å². The van der Waals surface area contributed by atoms with Gasteiger partial charge >= 0.3 is 0 Å². The molecule has 1 aromatic heterocycles. The lowest BCUT2D eigenvalue weighted by Gasteiger charge is -2.16. The van der Waals surface area contributed by atoms with E-state index in [1.54, 1.807) is 24.3 Å². The molecule has 7 heteroatoms. The Hall–Kier alpha value is -5.58. The summed E-state index contributed by atoms with van der Waals surface area (Å²) in [6.45, 7) is 0. The Kier molecular flexibility index (Phi) is 6.74. The van der Waals surface area contributed by atoms with Gasteiger partial charge in [-0.1, -0.05) is 97.1 Å². The van der Waals surface area contributed by atoms with Gasteiger partial charge in [0.15, 0.2) is 24.6 Å². The second kappa shape index (κ2) is 11.1. The number of benzene rings is 6. The first-order chi connectivity index (χ1) is 22.5. The Bertz CT molecular complexity index is 2170. The standard InChI is InChI=1S/C39H24F2N3OP/c40-30-19-13-28(14-20-30)38-42-37(43-39(44-38)29-15-21-31(41)22-16-29)27-11-9-25(10-12-27)26-17-23-32(24-18-26)46(45)35-7-3-1-5-33(35)34-6-2-4-8-36(34)46/h1-24H. The number of halogens is 2. The van der Waals surface area contributed by atoms with E-state index in [1.807, 2.05) is 97.1 Å². The quantitative estimate of drug-likeness (QED) is 0.182. The Morgan fingerprint density at radius 1 is 0.391 bits per heavy atom. The highest BCUT2D eigenvalue weighted by Crippen LogP contribution is 2.52. The van der Waals surface area contributed by atoms with E-state index in [1.165, 1.54) is 24.3 Å². The zero-order chi connectivity index (χ0) is 31.3. The molecular weight excluding hydrogens is 595 g/mol. The van der Waals surface area contributed by atoms with E-state index in [2.05, 4.69) is 4.98 Å². The summed E-state index contributed by atoms with van der Waals surface area (Å²) < 4.78 is 42.0. The molecule has 46 heavy (non-hydrogen) atoms. The second-order valence-electron chi connectivity index (χ2n) is 11.1. The first-order valence-corrected chi connectivity index (χ1v) is 16.5. The summed E-state index contributed by atoms with van der Waals surface area (Å²) in [7, 11) is -2.99. The van der Waals surface area contributed by atoms with Crippen molar-refractivity contribution in [2.45, 2.75) is 0 Å². The third-order valence-corrected chi connectivity index (χ3v) is 11.5. The molecule has 0 aliphatic carbocycles. The van der Waals surface area contributed by atoms with Crippen LogP contribution in [0.15, 0.2) is 146 Å². The molecule has 1 aliphatic rings. The van der Waals surface area contributed by atoms with Crippen molar-refractivity contribution in [1.29, 1.82) is 0 Å². The molecule has 2 heterocycles. The molecule has 4 nitrogen and oxygen atoms in total. The van der Waals surface area contributed by atoms with E-state index < -0.39 is 7.14 Å². The van der Waals surface area contributed by atoms with E-state index in [0.717, 1.165) is 43.7 Å². The van der Waals surface area contributed by atoms with Crippen LogP contribution in [0.5, 0.6) is 0 Å². The van der Waals surface area contributed by atoms with Crippen LogP contribution < -0.4 is 15.9 Å². The highest BCUT2D eigenvalue weighted by Gasteiger charge is 2.39. The maximum Gasteiger partial charge on any atom is 0.172 e. The molecule has 0 amide bonds. The fraction of sp³-hybridized carbons (Fsp3) is 0. The van der Waals surface area contributed by atoms with E-state index in [0.29, 0.717) is 28.6 Å². The summed E-state index contributed by atoms with van der Waals surface area (Å²) in [5.74, 6) is 0.492. The molecule has 0 atom stereocenters. The summed E-state index contributed by atoms with van der Waals surface area (Å²) in [5, 5.41) is 2.56.